The number of nitrogens with two attached hydrogens (primary N) is 1. The number of aromatic amines is 1. The van der Waals surface area contributed by atoms with Crippen molar-refractivity contribution in [1.82, 2.24) is 25.1 Å². The Kier molecular flexibility index (Phi) is 4.71. The summed E-state index contributed by atoms with van der Waals surface area (Å²) in [6, 6.07) is 9.88. The van der Waals surface area contributed by atoms with Crippen LogP contribution in [0.1, 0.15) is 58.0 Å². The minimum absolute atomic E-state index is 0.0620. The van der Waals surface area contributed by atoms with Gasteiger partial charge in [-0.05, 0) is 38.0 Å². The molecule has 0 unspecified atom stereocenters. The maximum absolute atomic E-state index is 13.2. The van der Waals surface area contributed by atoms with Crippen molar-refractivity contribution in [3.63, 3.8) is 0 Å². The zero-order valence-corrected chi connectivity index (χ0v) is 15.8. The van der Waals surface area contributed by atoms with E-state index in [1.54, 1.807) is 19.1 Å². The van der Waals surface area contributed by atoms with E-state index in [9.17, 15) is 14.4 Å². The molecule has 0 spiro atoms. The average Bonchev–Trinajstić information content (AvgIpc) is 3.15. The largest absolute Gasteiger partial charge is 0.367 e. The van der Waals surface area contributed by atoms with Crippen molar-refractivity contribution in [1.29, 1.82) is 0 Å². The number of carbonyl (C=O) groups is 2. The lowest BCUT2D eigenvalue weighted by molar-refractivity contribution is 0.0936. The molecule has 2 heterocycles. The molecule has 1 atom stereocenters. The first-order chi connectivity index (χ1) is 14.0. The van der Waals surface area contributed by atoms with Gasteiger partial charge >= 0.3 is 0 Å². The van der Waals surface area contributed by atoms with Gasteiger partial charge in [0.05, 0.1) is 6.04 Å². The Morgan fingerprint density at radius 1 is 1.24 bits per heavy atom. The lowest BCUT2D eigenvalue weighted by atomic mass is 9.92. The van der Waals surface area contributed by atoms with Crippen LogP contribution in [0.4, 0.5) is 5.95 Å². The van der Waals surface area contributed by atoms with Crippen LogP contribution in [0.3, 0.4) is 0 Å². The maximum atomic E-state index is 13.2. The Bertz CT molecular complexity index is 1150. The molecule has 1 aromatic carbocycles. The van der Waals surface area contributed by atoms with Gasteiger partial charge in [0, 0.05) is 23.4 Å². The summed E-state index contributed by atoms with van der Waals surface area (Å²) < 4.78 is 1.47. The van der Waals surface area contributed by atoms with Gasteiger partial charge in [-0.15, -0.1) is 5.10 Å². The lowest BCUT2D eigenvalue weighted by Gasteiger charge is -2.22. The Balaban J connectivity index is 1.79. The van der Waals surface area contributed by atoms with Gasteiger partial charge in [-0.3, -0.25) is 24.0 Å². The maximum Gasteiger partial charge on any atom is 0.268 e. The topological polar surface area (TPSA) is 136 Å². The van der Waals surface area contributed by atoms with Crippen molar-refractivity contribution >= 4 is 17.6 Å². The van der Waals surface area contributed by atoms with Crippen LogP contribution < -0.4 is 16.6 Å². The molecule has 29 heavy (non-hydrogen) atoms. The van der Waals surface area contributed by atoms with E-state index >= 15 is 0 Å². The molecule has 0 saturated heterocycles. The first-order valence-electron chi connectivity index (χ1n) is 9.32. The van der Waals surface area contributed by atoms with E-state index in [1.807, 2.05) is 18.2 Å². The molecule has 148 valence electrons. The summed E-state index contributed by atoms with van der Waals surface area (Å²) >= 11 is 0. The van der Waals surface area contributed by atoms with Crippen LogP contribution in [0.15, 0.2) is 41.2 Å². The second kappa shape index (κ2) is 7.34. The third kappa shape index (κ3) is 3.42. The highest BCUT2D eigenvalue weighted by Crippen LogP contribution is 2.23. The number of nitrogens with one attached hydrogen (secondary N) is 2. The molecule has 1 amide bonds. The molecule has 1 aliphatic rings. The van der Waals surface area contributed by atoms with Gasteiger partial charge in [-0.1, -0.05) is 18.2 Å². The third-order valence-electron chi connectivity index (χ3n) is 4.96. The molecule has 2 aromatic heterocycles. The van der Waals surface area contributed by atoms with Crippen LogP contribution in [-0.4, -0.2) is 31.4 Å². The predicted octanol–water partition coefficient (Wildman–Crippen LogP) is 1.55. The number of nitrogens with zero attached hydrogens (tertiary/aromatic N) is 3. The van der Waals surface area contributed by atoms with Gasteiger partial charge in [-0.2, -0.15) is 4.98 Å². The highest BCUT2D eigenvalue weighted by Gasteiger charge is 2.27. The second-order valence-corrected chi connectivity index (χ2v) is 6.95. The number of ketones is 1. The van der Waals surface area contributed by atoms with E-state index in [1.165, 1.54) is 10.6 Å². The summed E-state index contributed by atoms with van der Waals surface area (Å²) in [6.45, 7) is 1.69. The van der Waals surface area contributed by atoms with E-state index in [0.717, 1.165) is 0 Å². The number of amides is 1. The molecule has 0 saturated carbocycles. The molecule has 1 aliphatic carbocycles. The predicted molar refractivity (Wildman–Crippen MR) is 106 cm³/mol. The van der Waals surface area contributed by atoms with E-state index in [-0.39, 0.29) is 17.3 Å². The third-order valence-corrected chi connectivity index (χ3v) is 4.96. The molecule has 4 N–H and O–H groups in total. The summed E-state index contributed by atoms with van der Waals surface area (Å²) in [5.74, 6) is -0.232. The number of anilines is 1. The summed E-state index contributed by atoms with van der Waals surface area (Å²) in [6.07, 6.45) is 1.67. The molecule has 4 rings (SSSR count). The fourth-order valence-electron chi connectivity index (χ4n) is 3.53. The van der Waals surface area contributed by atoms with Crippen LogP contribution >= 0.6 is 0 Å². The number of H-pyrrole nitrogens is 1. The number of para-hydroxylation sites is 1. The van der Waals surface area contributed by atoms with Crippen LogP contribution in [0, 0.1) is 0 Å². The monoisotopic (exact) mass is 392 g/mol. The molecule has 3 aromatic rings. The normalized spacial score (nSPS) is 14.3. The Morgan fingerprint density at radius 3 is 2.69 bits per heavy atom. The molecule has 0 radical (unpaired) electrons. The van der Waals surface area contributed by atoms with Crippen molar-refractivity contribution in [2.45, 2.75) is 32.2 Å². The quantitative estimate of drug-likeness (QED) is 0.616. The minimum atomic E-state index is -0.594. The average molecular weight is 392 g/mol. The Hall–Kier alpha value is -3.75. The fraction of sp³-hybridized carbons (Fsp3) is 0.250. The molecular weight excluding hydrogens is 372 g/mol. The molecule has 0 aliphatic heterocycles. The van der Waals surface area contributed by atoms with E-state index in [4.69, 9.17) is 5.73 Å². The van der Waals surface area contributed by atoms with Gasteiger partial charge in [0.15, 0.2) is 5.78 Å². The van der Waals surface area contributed by atoms with Crippen molar-refractivity contribution in [2.24, 2.45) is 0 Å². The van der Waals surface area contributed by atoms with Gasteiger partial charge in [0.1, 0.15) is 11.4 Å². The van der Waals surface area contributed by atoms with Gasteiger partial charge in [0.2, 0.25) is 5.95 Å². The molecular formula is C20H20N6O3. The van der Waals surface area contributed by atoms with Crippen LogP contribution in [-0.2, 0) is 6.42 Å². The number of hydrogen-bond donors (Lipinski definition) is 3. The van der Waals surface area contributed by atoms with E-state index in [0.29, 0.717) is 42.0 Å². The van der Waals surface area contributed by atoms with Crippen molar-refractivity contribution in [2.75, 3.05) is 5.73 Å². The van der Waals surface area contributed by atoms with E-state index < -0.39 is 17.5 Å². The smallest absolute Gasteiger partial charge is 0.268 e. The van der Waals surface area contributed by atoms with Gasteiger partial charge in [-0.25, -0.2) is 0 Å². The Morgan fingerprint density at radius 2 is 2.00 bits per heavy atom. The van der Waals surface area contributed by atoms with Crippen LogP contribution in [0.2, 0.25) is 0 Å². The van der Waals surface area contributed by atoms with E-state index in [2.05, 4.69) is 20.5 Å². The number of Topliss-reactive ketones (excluding diaryl/α,β-unsaturated/α-hetero) is 1. The molecule has 9 heteroatoms. The van der Waals surface area contributed by atoms with Crippen LogP contribution in [0.25, 0.3) is 5.69 Å². The number of carbonyl (C=O) groups excluding carboxylic acids is 2. The minimum Gasteiger partial charge on any atom is -0.367 e. The molecule has 9 nitrogen and oxygen atoms in total. The Labute approximate surface area is 166 Å². The molecule has 0 fully saturated rings. The van der Waals surface area contributed by atoms with Crippen molar-refractivity contribution < 1.29 is 9.59 Å². The zero-order valence-electron chi connectivity index (χ0n) is 15.8. The second-order valence-electron chi connectivity index (χ2n) is 6.95. The zero-order chi connectivity index (χ0) is 20.5. The summed E-state index contributed by atoms with van der Waals surface area (Å²) in [4.78, 5) is 42.7. The number of aromatic nitrogens is 4. The van der Waals surface area contributed by atoms with Crippen molar-refractivity contribution in [3.05, 3.63) is 69.4 Å². The van der Waals surface area contributed by atoms with Gasteiger partial charge < -0.3 is 11.1 Å². The number of fused-ring (bicyclic) bond motifs is 1. The summed E-state index contributed by atoms with van der Waals surface area (Å²) in [7, 11) is 0. The van der Waals surface area contributed by atoms with Gasteiger partial charge in [0.25, 0.3) is 11.5 Å². The number of rotatable bonds is 4. The standard InChI is InChI=1S/C20H20N6O3/c1-11(17-23-20(21)25-24-17)22-18(28)14-10-13-15(8-5-9-16(13)27)26(19(14)29)12-6-3-2-4-7-12/h2-4,6-7,10-11H,5,8-9H2,1H3,(H,22,28)(H3,21,23,24,25)/t11-/m1/s1. The highest BCUT2D eigenvalue weighted by molar-refractivity contribution is 6.02. The lowest BCUT2D eigenvalue weighted by Crippen LogP contribution is -2.37. The SMILES string of the molecule is C[C@@H](NC(=O)c1cc2c(n(-c3ccccc3)c1=O)CCCC2=O)c1nc(N)n[nH]1. The summed E-state index contributed by atoms with van der Waals surface area (Å²) in [5, 5.41) is 9.08. The fourth-order valence-corrected chi connectivity index (χ4v) is 3.53. The highest BCUT2D eigenvalue weighted by atomic mass is 16.2. The van der Waals surface area contributed by atoms with Crippen molar-refractivity contribution in [3.8, 4) is 5.69 Å². The molecule has 0 bridgehead atoms. The first-order valence-corrected chi connectivity index (χ1v) is 9.32. The number of pyridine rings is 1. The van der Waals surface area contributed by atoms with Crippen LogP contribution in [0.5, 0.6) is 0 Å². The number of hydrogen-bond acceptors (Lipinski definition) is 6. The number of nitrogen functional groups attached to an aromatic ring is 1. The number of benzene rings is 1. The first kappa shape index (κ1) is 18.6. The summed E-state index contributed by atoms with van der Waals surface area (Å²) in [5.41, 5.74) is 6.62.